The third kappa shape index (κ3) is 5.39. The van der Waals surface area contributed by atoms with Crippen LogP contribution in [0.25, 0.3) is 0 Å². The molecular formula is C17H25ClFN3O3. The second-order valence-corrected chi connectivity index (χ2v) is 6.07. The van der Waals surface area contributed by atoms with E-state index in [4.69, 9.17) is 10.5 Å². The Balaban J connectivity index is 0.00000312. The molecule has 1 fully saturated rings. The summed E-state index contributed by atoms with van der Waals surface area (Å²) in [5.41, 5.74) is 5.94. The number of aryl methyl sites for hydroxylation is 1. The van der Waals surface area contributed by atoms with Gasteiger partial charge in [-0.25, -0.2) is 4.39 Å². The van der Waals surface area contributed by atoms with E-state index in [1.165, 1.54) is 6.07 Å². The van der Waals surface area contributed by atoms with Crippen molar-refractivity contribution in [3.63, 3.8) is 0 Å². The highest BCUT2D eigenvalue weighted by atomic mass is 35.5. The number of nitrogens with two attached hydrogens (primary N) is 1. The molecule has 1 aromatic rings. The number of ether oxygens (including phenoxy) is 1. The SMILES string of the molecule is Cc1ccc(C(=O)NCCNC(=O)C2(CN)CCOCC2)cc1F.Cl. The molecule has 0 radical (unpaired) electrons. The smallest absolute Gasteiger partial charge is 0.251 e. The van der Waals surface area contributed by atoms with Gasteiger partial charge in [-0.15, -0.1) is 12.4 Å². The Morgan fingerprint density at radius 2 is 1.88 bits per heavy atom. The first-order valence-electron chi connectivity index (χ1n) is 8.09. The summed E-state index contributed by atoms with van der Waals surface area (Å²) in [5, 5.41) is 5.47. The number of carbonyl (C=O) groups is 2. The van der Waals surface area contributed by atoms with Crippen molar-refractivity contribution < 1.29 is 18.7 Å². The van der Waals surface area contributed by atoms with Gasteiger partial charge in [-0.05, 0) is 37.5 Å². The van der Waals surface area contributed by atoms with Gasteiger partial charge < -0.3 is 21.1 Å². The van der Waals surface area contributed by atoms with Crippen LogP contribution in [-0.4, -0.2) is 44.7 Å². The molecule has 25 heavy (non-hydrogen) atoms. The lowest BCUT2D eigenvalue weighted by molar-refractivity contribution is -0.135. The Morgan fingerprint density at radius 3 is 2.48 bits per heavy atom. The van der Waals surface area contributed by atoms with Gasteiger partial charge in [0.05, 0.1) is 5.41 Å². The van der Waals surface area contributed by atoms with Crippen molar-refractivity contribution in [2.45, 2.75) is 19.8 Å². The second kappa shape index (κ2) is 9.70. The molecule has 1 aromatic carbocycles. The van der Waals surface area contributed by atoms with Crippen LogP contribution in [0.15, 0.2) is 18.2 Å². The van der Waals surface area contributed by atoms with Crippen LogP contribution >= 0.6 is 12.4 Å². The summed E-state index contributed by atoms with van der Waals surface area (Å²) in [7, 11) is 0. The van der Waals surface area contributed by atoms with Crippen LogP contribution in [0.3, 0.4) is 0 Å². The van der Waals surface area contributed by atoms with E-state index in [1.807, 2.05) is 0 Å². The molecule has 0 bridgehead atoms. The predicted molar refractivity (Wildman–Crippen MR) is 95.3 cm³/mol. The highest BCUT2D eigenvalue weighted by Crippen LogP contribution is 2.29. The number of amides is 2. The van der Waals surface area contributed by atoms with Gasteiger partial charge in [-0.2, -0.15) is 0 Å². The molecule has 1 aliphatic heterocycles. The van der Waals surface area contributed by atoms with E-state index >= 15 is 0 Å². The first kappa shape index (κ1) is 21.3. The maximum Gasteiger partial charge on any atom is 0.251 e. The summed E-state index contributed by atoms with van der Waals surface area (Å²) in [5.74, 6) is -0.896. The molecule has 2 amide bonds. The van der Waals surface area contributed by atoms with Crippen LogP contribution < -0.4 is 16.4 Å². The maximum absolute atomic E-state index is 13.5. The molecular weight excluding hydrogens is 349 g/mol. The lowest BCUT2D eigenvalue weighted by Gasteiger charge is -2.34. The molecule has 1 heterocycles. The molecule has 0 spiro atoms. The lowest BCUT2D eigenvalue weighted by Crippen LogP contribution is -2.50. The predicted octanol–water partition coefficient (Wildman–Crippen LogP) is 1.16. The van der Waals surface area contributed by atoms with Gasteiger partial charge in [0.2, 0.25) is 5.91 Å². The summed E-state index contributed by atoms with van der Waals surface area (Å²) in [6.07, 6.45) is 1.20. The van der Waals surface area contributed by atoms with Gasteiger partial charge in [0, 0.05) is 38.4 Å². The Bertz CT molecular complexity index is 607. The quantitative estimate of drug-likeness (QED) is 0.652. The number of rotatable bonds is 6. The zero-order valence-electron chi connectivity index (χ0n) is 14.3. The standard InChI is InChI=1S/C17H24FN3O3.ClH/c1-12-2-3-13(10-14(12)18)15(22)20-6-7-21-16(23)17(11-19)4-8-24-9-5-17;/h2-3,10H,4-9,11,19H2,1H3,(H,20,22)(H,21,23);1H. The average molecular weight is 374 g/mol. The second-order valence-electron chi connectivity index (χ2n) is 6.07. The van der Waals surface area contributed by atoms with Gasteiger partial charge in [-0.1, -0.05) is 6.07 Å². The fourth-order valence-electron chi connectivity index (χ4n) is 2.66. The van der Waals surface area contributed by atoms with E-state index in [1.54, 1.807) is 19.1 Å². The van der Waals surface area contributed by atoms with Gasteiger partial charge in [0.1, 0.15) is 5.82 Å². The van der Waals surface area contributed by atoms with E-state index < -0.39 is 11.2 Å². The van der Waals surface area contributed by atoms with Gasteiger partial charge in [0.25, 0.3) is 5.91 Å². The molecule has 4 N–H and O–H groups in total. The minimum absolute atomic E-state index is 0. The number of carbonyl (C=O) groups excluding carboxylic acids is 2. The van der Waals surface area contributed by atoms with Crippen molar-refractivity contribution in [3.8, 4) is 0 Å². The molecule has 1 saturated heterocycles. The van der Waals surface area contributed by atoms with Crippen molar-refractivity contribution in [2.75, 3.05) is 32.8 Å². The van der Waals surface area contributed by atoms with Crippen LogP contribution in [-0.2, 0) is 9.53 Å². The highest BCUT2D eigenvalue weighted by Gasteiger charge is 2.38. The molecule has 0 unspecified atom stereocenters. The topological polar surface area (TPSA) is 93.5 Å². The van der Waals surface area contributed by atoms with Crippen LogP contribution in [0.5, 0.6) is 0 Å². The zero-order chi connectivity index (χ0) is 17.6. The normalized spacial score (nSPS) is 15.8. The Kier molecular flexibility index (Phi) is 8.28. The maximum atomic E-state index is 13.5. The van der Waals surface area contributed by atoms with Crippen molar-refractivity contribution >= 4 is 24.2 Å². The largest absolute Gasteiger partial charge is 0.381 e. The average Bonchev–Trinajstić information content (AvgIpc) is 2.61. The molecule has 0 aliphatic carbocycles. The number of hydrogen-bond donors (Lipinski definition) is 3. The van der Waals surface area contributed by atoms with E-state index in [2.05, 4.69) is 10.6 Å². The first-order chi connectivity index (χ1) is 11.5. The fraction of sp³-hybridized carbons (Fsp3) is 0.529. The van der Waals surface area contributed by atoms with Crippen molar-refractivity contribution in [2.24, 2.45) is 11.1 Å². The third-order valence-corrected chi connectivity index (χ3v) is 4.45. The summed E-state index contributed by atoms with van der Waals surface area (Å²) in [4.78, 5) is 24.3. The summed E-state index contributed by atoms with van der Waals surface area (Å²) in [6.45, 7) is 3.52. The van der Waals surface area contributed by atoms with Crippen LogP contribution in [0.1, 0.15) is 28.8 Å². The van der Waals surface area contributed by atoms with Crippen LogP contribution in [0.4, 0.5) is 4.39 Å². The Hall–Kier alpha value is -1.70. The van der Waals surface area contributed by atoms with Crippen LogP contribution in [0.2, 0.25) is 0 Å². The molecule has 6 nitrogen and oxygen atoms in total. The summed E-state index contributed by atoms with van der Waals surface area (Å²) in [6, 6.07) is 4.33. The Labute approximate surface area is 153 Å². The van der Waals surface area contributed by atoms with E-state index in [0.717, 1.165) is 0 Å². The Morgan fingerprint density at radius 1 is 1.24 bits per heavy atom. The van der Waals surface area contributed by atoms with Crippen LogP contribution in [0, 0.1) is 18.2 Å². The summed E-state index contributed by atoms with van der Waals surface area (Å²) < 4.78 is 18.7. The number of benzene rings is 1. The molecule has 0 atom stereocenters. The van der Waals surface area contributed by atoms with Gasteiger partial charge >= 0.3 is 0 Å². The monoisotopic (exact) mass is 373 g/mol. The highest BCUT2D eigenvalue weighted by molar-refractivity contribution is 5.94. The molecule has 0 saturated carbocycles. The molecule has 0 aromatic heterocycles. The van der Waals surface area contributed by atoms with Crippen molar-refractivity contribution in [1.82, 2.24) is 10.6 Å². The van der Waals surface area contributed by atoms with E-state index in [-0.39, 0.29) is 42.9 Å². The lowest BCUT2D eigenvalue weighted by atomic mass is 9.79. The molecule has 140 valence electrons. The summed E-state index contributed by atoms with van der Waals surface area (Å²) >= 11 is 0. The number of hydrogen-bond acceptors (Lipinski definition) is 4. The zero-order valence-corrected chi connectivity index (χ0v) is 15.1. The van der Waals surface area contributed by atoms with E-state index in [0.29, 0.717) is 38.2 Å². The number of halogens is 2. The molecule has 1 aliphatic rings. The molecule has 2 rings (SSSR count). The number of nitrogens with one attached hydrogen (secondary N) is 2. The van der Waals surface area contributed by atoms with Crippen molar-refractivity contribution in [1.29, 1.82) is 0 Å². The minimum atomic E-state index is -0.581. The molecule has 8 heteroatoms. The van der Waals surface area contributed by atoms with Crippen molar-refractivity contribution in [3.05, 3.63) is 35.1 Å². The first-order valence-corrected chi connectivity index (χ1v) is 8.09. The fourth-order valence-corrected chi connectivity index (χ4v) is 2.66. The third-order valence-electron chi connectivity index (χ3n) is 4.45. The minimum Gasteiger partial charge on any atom is -0.381 e. The van der Waals surface area contributed by atoms with E-state index in [9.17, 15) is 14.0 Å². The van der Waals surface area contributed by atoms with Gasteiger partial charge in [-0.3, -0.25) is 9.59 Å². The van der Waals surface area contributed by atoms with Gasteiger partial charge in [0.15, 0.2) is 0 Å².